The van der Waals surface area contributed by atoms with Crippen LogP contribution < -0.4 is 5.56 Å². The number of aromatic nitrogens is 2. The lowest BCUT2D eigenvalue weighted by Crippen LogP contribution is -2.49. The highest BCUT2D eigenvalue weighted by molar-refractivity contribution is 5.71. The van der Waals surface area contributed by atoms with Gasteiger partial charge in [-0.25, -0.2) is 13.9 Å². The highest BCUT2D eigenvalue weighted by Crippen LogP contribution is 2.36. The molecule has 0 spiro atoms. The molecule has 1 unspecified atom stereocenters. The fourth-order valence-electron chi connectivity index (χ4n) is 2.99. The van der Waals surface area contributed by atoms with Crippen LogP contribution in [0.2, 0.25) is 0 Å². The number of likely N-dealkylation sites (tertiary alicyclic amines) is 1. The lowest BCUT2D eigenvalue weighted by Gasteiger charge is -2.34. The summed E-state index contributed by atoms with van der Waals surface area (Å²) in [4.78, 5) is 25.7. The number of aliphatic carboxylic acids is 1. The fourth-order valence-corrected chi connectivity index (χ4v) is 2.99. The van der Waals surface area contributed by atoms with Crippen molar-refractivity contribution in [3.63, 3.8) is 0 Å². The first-order valence-corrected chi connectivity index (χ1v) is 8.12. The van der Waals surface area contributed by atoms with Gasteiger partial charge >= 0.3 is 5.97 Å². The summed E-state index contributed by atoms with van der Waals surface area (Å²) in [5.41, 5.74) is 1.11. The van der Waals surface area contributed by atoms with Crippen molar-refractivity contribution in [2.45, 2.75) is 44.8 Å². The Hall–Kier alpha value is -1.76. The van der Waals surface area contributed by atoms with Crippen molar-refractivity contribution in [2.75, 3.05) is 19.6 Å². The molecule has 23 heavy (non-hydrogen) atoms. The third-order valence-electron chi connectivity index (χ3n) is 4.66. The van der Waals surface area contributed by atoms with Gasteiger partial charge < -0.3 is 5.11 Å². The van der Waals surface area contributed by atoms with E-state index in [1.165, 1.54) is 6.07 Å². The SMILES string of the molecule is Cc1cc(=O)n(C(CC2CC2)C(=O)O)nc1CCN1CC(F)C1. The van der Waals surface area contributed by atoms with Gasteiger partial charge in [0.1, 0.15) is 6.17 Å². The minimum absolute atomic E-state index is 0.368. The Bertz CT molecular complexity index is 650. The van der Waals surface area contributed by atoms with E-state index in [2.05, 4.69) is 5.10 Å². The van der Waals surface area contributed by atoms with Crippen molar-refractivity contribution < 1.29 is 14.3 Å². The van der Waals surface area contributed by atoms with Crippen LogP contribution in [0.4, 0.5) is 4.39 Å². The fraction of sp³-hybridized carbons (Fsp3) is 0.688. The summed E-state index contributed by atoms with van der Waals surface area (Å²) in [5.74, 6) is -0.624. The van der Waals surface area contributed by atoms with Gasteiger partial charge in [0.25, 0.3) is 5.56 Å². The third kappa shape index (κ3) is 3.77. The van der Waals surface area contributed by atoms with E-state index in [4.69, 9.17) is 0 Å². The van der Waals surface area contributed by atoms with Crippen LogP contribution in [0, 0.1) is 12.8 Å². The molecule has 1 N–H and O–H groups in total. The third-order valence-corrected chi connectivity index (χ3v) is 4.66. The van der Waals surface area contributed by atoms with Crippen LogP contribution in [0.25, 0.3) is 0 Å². The van der Waals surface area contributed by atoms with Crippen LogP contribution in [0.15, 0.2) is 10.9 Å². The molecule has 0 aromatic carbocycles. The molecule has 7 heteroatoms. The van der Waals surface area contributed by atoms with Gasteiger partial charge in [-0.2, -0.15) is 5.10 Å². The van der Waals surface area contributed by atoms with Crippen molar-refractivity contribution in [2.24, 2.45) is 5.92 Å². The molecular weight excluding hydrogens is 301 g/mol. The van der Waals surface area contributed by atoms with Crippen molar-refractivity contribution in [3.8, 4) is 0 Å². The van der Waals surface area contributed by atoms with Crippen LogP contribution in [0.5, 0.6) is 0 Å². The molecule has 0 amide bonds. The van der Waals surface area contributed by atoms with Gasteiger partial charge in [0.05, 0.1) is 5.69 Å². The average Bonchev–Trinajstić information content (AvgIpc) is 3.25. The molecule has 0 bridgehead atoms. The maximum atomic E-state index is 12.8. The van der Waals surface area contributed by atoms with Crippen LogP contribution in [0.3, 0.4) is 0 Å². The van der Waals surface area contributed by atoms with Crippen LogP contribution in [-0.4, -0.2) is 51.6 Å². The number of carboxylic acid groups (broad SMARTS) is 1. The van der Waals surface area contributed by atoms with E-state index in [0.29, 0.717) is 44.1 Å². The lowest BCUT2D eigenvalue weighted by atomic mass is 10.1. The summed E-state index contributed by atoms with van der Waals surface area (Å²) in [6.07, 6.45) is 2.36. The zero-order valence-corrected chi connectivity index (χ0v) is 13.2. The second-order valence-electron chi connectivity index (χ2n) is 6.70. The first-order valence-electron chi connectivity index (χ1n) is 8.12. The standard InChI is InChI=1S/C16H22FN3O3/c1-10-6-15(21)20(14(16(22)23)7-11-2-3-11)18-13(10)4-5-19-8-12(17)9-19/h6,11-12,14H,2-5,7-9H2,1H3,(H,22,23). The summed E-state index contributed by atoms with van der Waals surface area (Å²) in [7, 11) is 0. The van der Waals surface area contributed by atoms with Crippen molar-refractivity contribution in [1.29, 1.82) is 0 Å². The van der Waals surface area contributed by atoms with E-state index in [1.54, 1.807) is 6.92 Å². The van der Waals surface area contributed by atoms with Crippen molar-refractivity contribution >= 4 is 5.97 Å². The van der Waals surface area contributed by atoms with Gasteiger partial charge in [-0.1, -0.05) is 12.8 Å². The van der Waals surface area contributed by atoms with E-state index in [-0.39, 0.29) is 5.56 Å². The highest BCUT2D eigenvalue weighted by Gasteiger charge is 2.32. The molecule has 2 heterocycles. The summed E-state index contributed by atoms with van der Waals surface area (Å²) >= 11 is 0. The normalized spacial score (nSPS) is 20.3. The number of carbonyl (C=O) groups is 1. The van der Waals surface area contributed by atoms with Crippen molar-refractivity contribution in [1.82, 2.24) is 14.7 Å². The Morgan fingerprint density at radius 3 is 2.74 bits per heavy atom. The van der Waals surface area contributed by atoms with Gasteiger partial charge in [-0.05, 0) is 24.8 Å². The largest absolute Gasteiger partial charge is 0.480 e. The number of hydrogen-bond acceptors (Lipinski definition) is 4. The van der Waals surface area contributed by atoms with E-state index in [1.807, 2.05) is 4.90 Å². The molecule has 2 fully saturated rings. The molecule has 1 aromatic heterocycles. The Kier molecular flexibility index (Phi) is 4.48. The number of alkyl halides is 1. The predicted octanol–water partition coefficient (Wildman–Crippen LogP) is 1.17. The molecular formula is C16H22FN3O3. The van der Waals surface area contributed by atoms with Gasteiger partial charge in [0.15, 0.2) is 6.04 Å². The average molecular weight is 323 g/mol. The van der Waals surface area contributed by atoms with Crippen LogP contribution in [0.1, 0.15) is 36.6 Å². The number of aryl methyl sites for hydroxylation is 1. The Morgan fingerprint density at radius 1 is 1.48 bits per heavy atom. The van der Waals surface area contributed by atoms with E-state index < -0.39 is 18.2 Å². The molecule has 1 saturated heterocycles. The van der Waals surface area contributed by atoms with E-state index in [0.717, 1.165) is 23.1 Å². The van der Waals surface area contributed by atoms with Gasteiger partial charge in [0.2, 0.25) is 0 Å². The van der Waals surface area contributed by atoms with Crippen LogP contribution >= 0.6 is 0 Å². The first-order chi connectivity index (χ1) is 10.9. The number of hydrogen-bond donors (Lipinski definition) is 1. The smallest absolute Gasteiger partial charge is 0.328 e. The molecule has 1 atom stereocenters. The van der Waals surface area contributed by atoms with E-state index in [9.17, 15) is 19.1 Å². The molecule has 126 valence electrons. The van der Waals surface area contributed by atoms with Gasteiger partial charge in [0, 0.05) is 32.1 Å². The summed E-state index contributed by atoms with van der Waals surface area (Å²) in [6.45, 7) is 3.36. The second kappa shape index (κ2) is 6.39. The Labute approximate surface area is 133 Å². The molecule has 3 rings (SSSR count). The van der Waals surface area contributed by atoms with Crippen molar-refractivity contribution in [3.05, 3.63) is 27.7 Å². The number of nitrogens with zero attached hydrogens (tertiary/aromatic N) is 3. The molecule has 1 aliphatic carbocycles. The lowest BCUT2D eigenvalue weighted by molar-refractivity contribution is -0.141. The van der Waals surface area contributed by atoms with Crippen LogP contribution in [-0.2, 0) is 11.2 Å². The van der Waals surface area contributed by atoms with Gasteiger partial charge in [-0.15, -0.1) is 0 Å². The molecule has 1 aliphatic heterocycles. The zero-order chi connectivity index (χ0) is 16.6. The van der Waals surface area contributed by atoms with E-state index >= 15 is 0 Å². The summed E-state index contributed by atoms with van der Waals surface area (Å²) < 4.78 is 14.0. The number of halogens is 1. The number of rotatable bonds is 7. The quantitative estimate of drug-likeness (QED) is 0.815. The second-order valence-corrected chi connectivity index (χ2v) is 6.70. The molecule has 1 saturated carbocycles. The topological polar surface area (TPSA) is 75.4 Å². The van der Waals surface area contributed by atoms with Gasteiger partial charge in [-0.3, -0.25) is 9.69 Å². The molecule has 6 nitrogen and oxygen atoms in total. The first kappa shape index (κ1) is 16.1. The minimum Gasteiger partial charge on any atom is -0.480 e. The zero-order valence-electron chi connectivity index (χ0n) is 13.2. The highest BCUT2D eigenvalue weighted by atomic mass is 19.1. The molecule has 1 aromatic rings. The Balaban J connectivity index is 1.77. The molecule has 2 aliphatic rings. The maximum Gasteiger partial charge on any atom is 0.328 e. The Morgan fingerprint density at radius 2 is 2.17 bits per heavy atom. The number of carboxylic acids is 1. The summed E-state index contributed by atoms with van der Waals surface area (Å²) in [6, 6.07) is 0.563. The monoisotopic (exact) mass is 323 g/mol. The minimum atomic E-state index is -1.01. The maximum absolute atomic E-state index is 12.8. The molecule has 0 radical (unpaired) electrons. The predicted molar refractivity (Wildman–Crippen MR) is 82.3 cm³/mol. The summed E-state index contributed by atoms with van der Waals surface area (Å²) in [5, 5.41) is 13.8.